The number of halogens is 1. The summed E-state index contributed by atoms with van der Waals surface area (Å²) in [5.74, 6) is 0. The minimum Gasteiger partial charge on any atom is -0.394 e. The highest BCUT2D eigenvalue weighted by atomic mass is 79.9. The van der Waals surface area contributed by atoms with E-state index in [1.165, 1.54) is 0 Å². The summed E-state index contributed by atoms with van der Waals surface area (Å²) in [5.41, 5.74) is 6.09. The zero-order chi connectivity index (χ0) is 9.90. The average Bonchev–Trinajstić information content (AvgIpc) is 2.03. The summed E-state index contributed by atoms with van der Waals surface area (Å²) in [4.78, 5) is 4.23. The number of nitrogens with zero attached hydrogens (tertiary/aromatic N) is 1. The van der Waals surface area contributed by atoms with Crippen LogP contribution in [0, 0.1) is 0 Å². The lowest BCUT2D eigenvalue weighted by Gasteiger charge is -2.20. The SMILES string of the molecule is CC(N)(CO)Cc1cccc(Br)n1. The zero-order valence-corrected chi connectivity index (χ0v) is 9.08. The van der Waals surface area contributed by atoms with Crippen LogP contribution in [-0.4, -0.2) is 22.2 Å². The third kappa shape index (κ3) is 3.42. The first kappa shape index (κ1) is 10.6. The molecule has 3 nitrogen and oxygen atoms in total. The Balaban J connectivity index is 2.74. The van der Waals surface area contributed by atoms with E-state index in [1.54, 1.807) is 6.92 Å². The van der Waals surface area contributed by atoms with Gasteiger partial charge in [0.1, 0.15) is 4.60 Å². The van der Waals surface area contributed by atoms with Gasteiger partial charge in [0, 0.05) is 17.7 Å². The van der Waals surface area contributed by atoms with E-state index in [0.29, 0.717) is 6.42 Å². The molecule has 0 fully saturated rings. The Hall–Kier alpha value is -0.450. The smallest absolute Gasteiger partial charge is 0.106 e. The van der Waals surface area contributed by atoms with E-state index >= 15 is 0 Å². The highest BCUT2D eigenvalue weighted by Crippen LogP contribution is 2.11. The van der Waals surface area contributed by atoms with Gasteiger partial charge in [-0.25, -0.2) is 4.98 Å². The van der Waals surface area contributed by atoms with Crippen LogP contribution < -0.4 is 5.73 Å². The highest BCUT2D eigenvalue weighted by molar-refractivity contribution is 9.10. The van der Waals surface area contributed by atoms with Crippen molar-refractivity contribution in [3.63, 3.8) is 0 Å². The van der Waals surface area contributed by atoms with Gasteiger partial charge in [0.2, 0.25) is 0 Å². The molecule has 0 bridgehead atoms. The molecule has 0 radical (unpaired) electrons. The van der Waals surface area contributed by atoms with E-state index in [4.69, 9.17) is 10.8 Å². The van der Waals surface area contributed by atoms with Gasteiger partial charge in [-0.2, -0.15) is 0 Å². The largest absolute Gasteiger partial charge is 0.394 e. The molecule has 72 valence electrons. The maximum absolute atomic E-state index is 8.96. The van der Waals surface area contributed by atoms with Crippen molar-refractivity contribution in [1.29, 1.82) is 0 Å². The third-order valence-corrected chi connectivity index (χ3v) is 2.16. The predicted octanol–water partition coefficient (Wildman–Crippen LogP) is 1.10. The van der Waals surface area contributed by atoms with Crippen LogP contribution in [0.15, 0.2) is 22.8 Å². The van der Waals surface area contributed by atoms with E-state index in [1.807, 2.05) is 18.2 Å². The Bertz CT molecular complexity index is 289. The van der Waals surface area contributed by atoms with Gasteiger partial charge in [-0.1, -0.05) is 6.07 Å². The molecule has 3 N–H and O–H groups in total. The Morgan fingerprint density at radius 2 is 2.31 bits per heavy atom. The van der Waals surface area contributed by atoms with Crippen molar-refractivity contribution in [1.82, 2.24) is 4.98 Å². The van der Waals surface area contributed by atoms with Crippen LogP contribution in [0.2, 0.25) is 0 Å². The molecular formula is C9H13BrN2O. The van der Waals surface area contributed by atoms with Gasteiger partial charge in [0.05, 0.1) is 6.61 Å². The molecule has 0 aliphatic rings. The van der Waals surface area contributed by atoms with Crippen LogP contribution in [-0.2, 0) is 6.42 Å². The summed E-state index contributed by atoms with van der Waals surface area (Å²) in [5, 5.41) is 8.96. The lowest BCUT2D eigenvalue weighted by molar-refractivity contribution is 0.207. The lowest BCUT2D eigenvalue weighted by Crippen LogP contribution is -2.42. The maximum Gasteiger partial charge on any atom is 0.106 e. The fourth-order valence-electron chi connectivity index (χ4n) is 1.02. The molecule has 1 aromatic heterocycles. The summed E-state index contributed by atoms with van der Waals surface area (Å²) >= 11 is 3.28. The summed E-state index contributed by atoms with van der Waals surface area (Å²) in [7, 11) is 0. The van der Waals surface area contributed by atoms with Crippen LogP contribution >= 0.6 is 15.9 Å². The molecule has 1 aromatic rings. The van der Waals surface area contributed by atoms with Gasteiger partial charge in [-0.05, 0) is 35.0 Å². The molecular weight excluding hydrogens is 232 g/mol. The molecule has 0 aliphatic carbocycles. The van der Waals surface area contributed by atoms with Crippen molar-refractivity contribution in [2.75, 3.05) is 6.61 Å². The summed E-state index contributed by atoms with van der Waals surface area (Å²) in [6.45, 7) is 1.76. The van der Waals surface area contributed by atoms with Crippen molar-refractivity contribution in [3.8, 4) is 0 Å². The molecule has 0 spiro atoms. The molecule has 1 unspecified atom stereocenters. The Kier molecular flexibility index (Phi) is 3.41. The first-order chi connectivity index (χ1) is 6.03. The quantitative estimate of drug-likeness (QED) is 0.784. The topological polar surface area (TPSA) is 59.1 Å². The fourth-order valence-corrected chi connectivity index (χ4v) is 1.40. The molecule has 1 atom stereocenters. The first-order valence-corrected chi connectivity index (χ1v) is 4.84. The van der Waals surface area contributed by atoms with Crippen LogP contribution in [0.4, 0.5) is 0 Å². The summed E-state index contributed by atoms with van der Waals surface area (Å²) in [6.07, 6.45) is 0.572. The Morgan fingerprint density at radius 3 is 2.85 bits per heavy atom. The van der Waals surface area contributed by atoms with Crippen molar-refractivity contribution in [2.45, 2.75) is 18.9 Å². The molecule has 4 heteroatoms. The number of rotatable bonds is 3. The van der Waals surface area contributed by atoms with Gasteiger partial charge >= 0.3 is 0 Å². The molecule has 0 aromatic carbocycles. The maximum atomic E-state index is 8.96. The van der Waals surface area contributed by atoms with E-state index in [9.17, 15) is 0 Å². The lowest BCUT2D eigenvalue weighted by atomic mass is 9.98. The monoisotopic (exact) mass is 244 g/mol. The van der Waals surface area contributed by atoms with Gasteiger partial charge in [0.15, 0.2) is 0 Å². The minimum absolute atomic E-state index is 0.0405. The number of aliphatic hydroxyl groups is 1. The summed E-state index contributed by atoms with van der Waals surface area (Å²) in [6, 6.07) is 5.65. The molecule has 13 heavy (non-hydrogen) atoms. The van der Waals surface area contributed by atoms with Crippen molar-refractivity contribution in [3.05, 3.63) is 28.5 Å². The van der Waals surface area contributed by atoms with Crippen molar-refractivity contribution in [2.24, 2.45) is 5.73 Å². The van der Waals surface area contributed by atoms with Gasteiger partial charge < -0.3 is 10.8 Å². The number of aromatic nitrogens is 1. The second kappa shape index (κ2) is 4.17. The number of nitrogens with two attached hydrogens (primary N) is 1. The highest BCUT2D eigenvalue weighted by Gasteiger charge is 2.18. The van der Waals surface area contributed by atoms with Gasteiger partial charge in [-0.3, -0.25) is 0 Å². The third-order valence-electron chi connectivity index (χ3n) is 1.72. The number of hydrogen-bond donors (Lipinski definition) is 2. The van der Waals surface area contributed by atoms with Gasteiger partial charge in [-0.15, -0.1) is 0 Å². The van der Waals surface area contributed by atoms with E-state index in [0.717, 1.165) is 10.3 Å². The van der Waals surface area contributed by atoms with Crippen LogP contribution in [0.5, 0.6) is 0 Å². The number of aliphatic hydroxyl groups excluding tert-OH is 1. The molecule has 0 aliphatic heterocycles. The van der Waals surface area contributed by atoms with E-state index < -0.39 is 5.54 Å². The zero-order valence-electron chi connectivity index (χ0n) is 7.50. The number of hydrogen-bond acceptors (Lipinski definition) is 3. The molecule has 0 amide bonds. The molecule has 1 rings (SSSR count). The minimum atomic E-state index is -0.589. The average molecular weight is 245 g/mol. The molecule has 0 saturated heterocycles. The van der Waals surface area contributed by atoms with Crippen LogP contribution in [0.3, 0.4) is 0 Å². The number of pyridine rings is 1. The predicted molar refractivity (Wildman–Crippen MR) is 55.3 cm³/mol. The van der Waals surface area contributed by atoms with Crippen LogP contribution in [0.25, 0.3) is 0 Å². The standard InChI is InChI=1S/C9H13BrN2O/c1-9(11,6-13)5-7-3-2-4-8(10)12-7/h2-4,13H,5-6,11H2,1H3. The first-order valence-electron chi connectivity index (χ1n) is 4.05. The molecule has 0 saturated carbocycles. The normalized spacial score (nSPS) is 15.4. The van der Waals surface area contributed by atoms with Gasteiger partial charge in [0.25, 0.3) is 0 Å². The van der Waals surface area contributed by atoms with E-state index in [2.05, 4.69) is 20.9 Å². The van der Waals surface area contributed by atoms with Crippen molar-refractivity contribution >= 4 is 15.9 Å². The second-order valence-corrected chi connectivity index (χ2v) is 4.25. The Labute approximate surface area is 86.1 Å². The second-order valence-electron chi connectivity index (χ2n) is 3.44. The Morgan fingerprint density at radius 1 is 1.62 bits per heavy atom. The van der Waals surface area contributed by atoms with Crippen molar-refractivity contribution < 1.29 is 5.11 Å². The van der Waals surface area contributed by atoms with Crippen LogP contribution in [0.1, 0.15) is 12.6 Å². The van der Waals surface area contributed by atoms with E-state index in [-0.39, 0.29) is 6.61 Å². The fraction of sp³-hybridized carbons (Fsp3) is 0.444. The summed E-state index contributed by atoms with van der Waals surface area (Å²) < 4.78 is 0.790. The molecule has 1 heterocycles.